The van der Waals surface area contributed by atoms with Crippen LogP contribution in [0.1, 0.15) is 14.3 Å². The van der Waals surface area contributed by atoms with Crippen LogP contribution in [0.2, 0.25) is 0 Å². The molecule has 0 aliphatic heterocycles. The fourth-order valence-corrected chi connectivity index (χ4v) is 0.416. The summed E-state index contributed by atoms with van der Waals surface area (Å²) in [6, 6.07) is 0. The van der Waals surface area contributed by atoms with E-state index in [2.05, 4.69) is 5.32 Å². The normalized spacial score (nSPS) is 8.11. The van der Waals surface area contributed by atoms with Crippen molar-refractivity contribution in [2.45, 2.75) is 12.8 Å². The second kappa shape index (κ2) is 8.03. The van der Waals surface area contributed by atoms with E-state index in [1.165, 1.54) is 0 Å². The van der Waals surface area contributed by atoms with Gasteiger partial charge in [-0.1, -0.05) is 0 Å². The van der Waals surface area contributed by atoms with Crippen molar-refractivity contribution in [3.8, 4) is 0 Å². The van der Waals surface area contributed by atoms with Crippen molar-refractivity contribution in [2.75, 3.05) is 13.6 Å². The van der Waals surface area contributed by atoms with Crippen LogP contribution in [0.4, 0.5) is 0 Å². The first-order valence-electron chi connectivity index (χ1n) is 2.63. The van der Waals surface area contributed by atoms with E-state index in [-0.39, 0.29) is 26.7 Å². The summed E-state index contributed by atoms with van der Waals surface area (Å²) >= 11 is 0. The largest absolute Gasteiger partial charge is 1.00 e. The van der Waals surface area contributed by atoms with Gasteiger partial charge in [0.25, 0.3) is 0 Å². The van der Waals surface area contributed by atoms with Crippen molar-refractivity contribution in [2.24, 2.45) is 0 Å². The second-order valence-corrected chi connectivity index (χ2v) is 1.60. The molecule has 0 fully saturated rings. The molecule has 4 heteroatoms. The van der Waals surface area contributed by atoms with Crippen molar-refractivity contribution < 1.29 is 30.2 Å². The van der Waals surface area contributed by atoms with Gasteiger partial charge in [0, 0.05) is 6.42 Å². The van der Waals surface area contributed by atoms with Gasteiger partial charge in [-0.2, -0.15) is 0 Å². The molecule has 0 aromatic carbocycles. The average molecular weight is 125 g/mol. The zero-order valence-electron chi connectivity index (χ0n) is 6.98. The van der Waals surface area contributed by atoms with Crippen LogP contribution >= 0.6 is 0 Å². The monoisotopic (exact) mass is 125 g/mol. The molecule has 0 amide bonds. The Bertz CT molecular complexity index is 82.0. The summed E-state index contributed by atoms with van der Waals surface area (Å²) in [6.45, 7) is 0.784. The number of carboxylic acid groups (broad SMARTS) is 1. The van der Waals surface area contributed by atoms with E-state index < -0.39 is 5.97 Å². The summed E-state index contributed by atoms with van der Waals surface area (Å²) in [7, 11) is 1.81. The van der Waals surface area contributed by atoms with Crippen molar-refractivity contribution in [3.05, 3.63) is 0 Å². The van der Waals surface area contributed by atoms with Crippen LogP contribution in [0.15, 0.2) is 0 Å². The molecule has 0 aromatic heterocycles. The predicted octanol–water partition coefficient (Wildman–Crippen LogP) is -2.81. The molecular weight excluding hydrogens is 113 g/mol. The first kappa shape index (κ1) is 11.8. The Balaban J connectivity index is -0.000000245. The van der Waals surface area contributed by atoms with Crippen molar-refractivity contribution in [1.29, 1.82) is 0 Å². The molecule has 2 N–H and O–H groups in total. The second-order valence-electron chi connectivity index (χ2n) is 1.60. The van der Waals surface area contributed by atoms with Crippen LogP contribution in [-0.2, 0) is 4.79 Å². The van der Waals surface area contributed by atoms with Gasteiger partial charge in [-0.15, -0.1) is 0 Å². The Morgan fingerprint density at radius 2 is 2.33 bits per heavy atom. The van der Waals surface area contributed by atoms with Gasteiger partial charge >= 0.3 is 24.8 Å². The third-order valence-electron chi connectivity index (χ3n) is 0.817. The molecule has 0 atom stereocenters. The zero-order chi connectivity index (χ0) is 6.41. The van der Waals surface area contributed by atoms with Gasteiger partial charge in [0.15, 0.2) is 0 Å². The van der Waals surface area contributed by atoms with Gasteiger partial charge in [-0.25, -0.2) is 0 Å². The number of hydrogen-bond donors (Lipinski definition) is 2. The van der Waals surface area contributed by atoms with Crippen LogP contribution in [-0.4, -0.2) is 24.7 Å². The van der Waals surface area contributed by atoms with Crippen LogP contribution in [0.5, 0.6) is 0 Å². The number of nitrogens with one attached hydrogen (secondary N) is 1. The van der Waals surface area contributed by atoms with Crippen molar-refractivity contribution >= 4 is 5.97 Å². The van der Waals surface area contributed by atoms with E-state index in [1.807, 2.05) is 7.05 Å². The number of hydrogen-bond acceptors (Lipinski definition) is 2. The summed E-state index contributed by atoms with van der Waals surface area (Å²) in [6.07, 6.45) is 0.979. The maximum Gasteiger partial charge on any atom is 1.00 e. The number of aliphatic carboxylic acids is 1. The van der Waals surface area contributed by atoms with Crippen LogP contribution in [0, 0.1) is 0 Å². The SMILES string of the molecule is CNCCCC(=O)O.[H-].[Li+]. The molecule has 0 aliphatic carbocycles. The van der Waals surface area contributed by atoms with Crippen LogP contribution in [0.3, 0.4) is 0 Å². The third kappa shape index (κ3) is 11.5. The van der Waals surface area contributed by atoms with E-state index >= 15 is 0 Å². The Kier molecular flexibility index (Phi) is 10.5. The molecule has 0 aromatic rings. The first-order valence-corrected chi connectivity index (χ1v) is 2.63. The average Bonchev–Trinajstić information content (AvgIpc) is 1.66. The summed E-state index contributed by atoms with van der Waals surface area (Å²) in [4.78, 5) is 9.85. The van der Waals surface area contributed by atoms with Gasteiger partial charge in [-0.3, -0.25) is 4.79 Å². The van der Waals surface area contributed by atoms with Gasteiger partial charge in [0.05, 0.1) is 0 Å². The van der Waals surface area contributed by atoms with E-state index in [1.54, 1.807) is 0 Å². The van der Waals surface area contributed by atoms with Gasteiger partial charge in [-0.05, 0) is 20.0 Å². The molecule has 3 nitrogen and oxygen atoms in total. The molecule has 0 saturated heterocycles. The molecular formula is C5H12LiNO2. The maximum absolute atomic E-state index is 9.85. The molecule has 0 spiro atoms. The molecule has 0 aliphatic rings. The molecule has 0 saturated carbocycles. The van der Waals surface area contributed by atoms with Gasteiger partial charge in [0.2, 0.25) is 0 Å². The summed E-state index contributed by atoms with van der Waals surface area (Å²) in [5, 5.41) is 11.0. The van der Waals surface area contributed by atoms with E-state index in [0.717, 1.165) is 6.54 Å². The minimum absolute atomic E-state index is 0. The molecule has 0 unspecified atom stereocenters. The minimum atomic E-state index is -0.722. The van der Waals surface area contributed by atoms with Gasteiger partial charge < -0.3 is 11.8 Å². The standard InChI is InChI=1S/C5H11NO2.Li.H/c1-6-4-2-3-5(7)8;;/h6H,2-4H2,1H3,(H,7,8);;/q;+1;-1. The van der Waals surface area contributed by atoms with Crippen LogP contribution in [0.25, 0.3) is 0 Å². The number of carboxylic acids is 1. The fraction of sp³-hybridized carbons (Fsp3) is 0.800. The van der Waals surface area contributed by atoms with Crippen molar-refractivity contribution in [1.82, 2.24) is 5.32 Å². The van der Waals surface area contributed by atoms with E-state index in [0.29, 0.717) is 6.42 Å². The molecule has 9 heavy (non-hydrogen) atoms. The predicted molar refractivity (Wildman–Crippen MR) is 31.9 cm³/mol. The topological polar surface area (TPSA) is 49.3 Å². The van der Waals surface area contributed by atoms with Crippen LogP contribution < -0.4 is 24.2 Å². The summed E-state index contributed by atoms with van der Waals surface area (Å²) in [5.41, 5.74) is 0. The Morgan fingerprint density at radius 3 is 2.67 bits per heavy atom. The fourth-order valence-electron chi connectivity index (χ4n) is 0.416. The molecule has 0 heterocycles. The zero-order valence-corrected chi connectivity index (χ0v) is 5.98. The molecule has 0 bridgehead atoms. The molecule has 0 rings (SSSR count). The van der Waals surface area contributed by atoms with E-state index in [9.17, 15) is 4.79 Å². The van der Waals surface area contributed by atoms with Crippen molar-refractivity contribution in [3.63, 3.8) is 0 Å². The maximum atomic E-state index is 9.85. The van der Waals surface area contributed by atoms with Gasteiger partial charge in [0.1, 0.15) is 0 Å². The summed E-state index contributed by atoms with van der Waals surface area (Å²) < 4.78 is 0. The number of rotatable bonds is 4. The Labute approximate surface area is 68.5 Å². The smallest absolute Gasteiger partial charge is 1.00 e. The molecule has 50 valence electrons. The molecule has 0 radical (unpaired) electrons. The Hall–Kier alpha value is 0.0274. The Morgan fingerprint density at radius 1 is 1.78 bits per heavy atom. The summed E-state index contributed by atoms with van der Waals surface area (Å²) in [5.74, 6) is -0.722. The minimum Gasteiger partial charge on any atom is -1.00 e. The number of carbonyl (C=O) groups is 1. The third-order valence-corrected chi connectivity index (χ3v) is 0.817. The quantitative estimate of drug-likeness (QED) is 0.315. The van der Waals surface area contributed by atoms with E-state index in [4.69, 9.17) is 5.11 Å². The first-order chi connectivity index (χ1) is 3.77.